The van der Waals surface area contributed by atoms with Crippen molar-refractivity contribution < 1.29 is 4.74 Å². The summed E-state index contributed by atoms with van der Waals surface area (Å²) in [5, 5.41) is 3.40. The second-order valence-electron chi connectivity index (χ2n) is 1.69. The molecule has 0 unspecified atom stereocenters. The molecule has 0 radical (unpaired) electrons. The van der Waals surface area contributed by atoms with Crippen molar-refractivity contribution in [3.63, 3.8) is 0 Å². The van der Waals surface area contributed by atoms with E-state index in [0.717, 1.165) is 0 Å². The Bertz CT molecular complexity index is 323. The third-order valence-corrected chi connectivity index (χ3v) is 1.66. The minimum absolute atomic E-state index is 0.0718. The summed E-state index contributed by atoms with van der Waals surface area (Å²) in [4.78, 5) is 10.9. The van der Waals surface area contributed by atoms with Gasteiger partial charge in [0.1, 0.15) is 0 Å². The Hall–Kier alpha value is -0.740. The summed E-state index contributed by atoms with van der Waals surface area (Å²) in [5.74, 6) is 0.216. The van der Waals surface area contributed by atoms with Crippen LogP contribution in [-0.4, -0.2) is 16.4 Å². The summed E-state index contributed by atoms with van der Waals surface area (Å²) < 4.78 is 5.33. The van der Waals surface area contributed by atoms with Crippen molar-refractivity contribution in [1.29, 1.82) is 0 Å². The Morgan fingerprint density at radius 2 is 2.36 bits per heavy atom. The summed E-state index contributed by atoms with van der Waals surface area (Å²) >= 11 is 10.8. The molecule has 0 aliphatic heterocycles. The Balaban J connectivity index is 3.37. The Kier molecular flexibility index (Phi) is 2.36. The van der Waals surface area contributed by atoms with Gasteiger partial charge >= 0.3 is 5.56 Å². The summed E-state index contributed by atoms with van der Waals surface area (Å²) in [7, 11) is 1.39. The molecule has 1 aromatic heterocycles. The molecule has 11 heavy (non-hydrogen) atoms. The van der Waals surface area contributed by atoms with Gasteiger partial charge in [-0.1, -0.05) is 11.6 Å². The molecule has 0 N–H and O–H groups in total. The van der Waals surface area contributed by atoms with Crippen molar-refractivity contribution in [1.82, 2.24) is 9.30 Å². The molecule has 0 bridgehead atoms. The first-order valence-corrected chi connectivity index (χ1v) is 3.36. The predicted molar refractivity (Wildman–Crippen MR) is 41.3 cm³/mol. The lowest BCUT2D eigenvalue weighted by molar-refractivity contribution is 0.410. The maximum Gasteiger partial charge on any atom is 0.304 e. The summed E-state index contributed by atoms with van der Waals surface area (Å²) in [5.41, 5.74) is -0.590. The van der Waals surface area contributed by atoms with E-state index in [1.807, 2.05) is 0 Å². The largest absolute Gasteiger partial charge is 0.493 e. The highest BCUT2D eigenvalue weighted by molar-refractivity contribution is 6.32. The molecule has 1 aromatic rings. The molecule has 60 valence electrons. The van der Waals surface area contributed by atoms with Crippen molar-refractivity contribution in [3.05, 3.63) is 21.6 Å². The highest BCUT2D eigenvalue weighted by Gasteiger charge is 2.07. The van der Waals surface area contributed by atoms with E-state index in [0.29, 0.717) is 4.20 Å². The van der Waals surface area contributed by atoms with Crippen molar-refractivity contribution in [2.75, 3.05) is 7.11 Å². The molecule has 0 atom stereocenters. The molecule has 0 saturated carbocycles. The van der Waals surface area contributed by atoms with Gasteiger partial charge in [0.15, 0.2) is 10.8 Å². The first kappa shape index (κ1) is 8.36. The van der Waals surface area contributed by atoms with Crippen LogP contribution < -0.4 is 10.3 Å². The number of halogens is 2. The van der Waals surface area contributed by atoms with E-state index >= 15 is 0 Å². The molecular weight excluding hydrogens is 191 g/mol. The fourth-order valence-electron chi connectivity index (χ4n) is 0.541. The summed E-state index contributed by atoms with van der Waals surface area (Å²) in [6.45, 7) is 0. The number of ether oxygens (including phenoxy) is 1. The van der Waals surface area contributed by atoms with Crippen LogP contribution in [0.25, 0.3) is 0 Å². The lowest BCUT2D eigenvalue weighted by Gasteiger charge is -1.99. The zero-order chi connectivity index (χ0) is 8.43. The van der Waals surface area contributed by atoms with E-state index in [4.69, 9.17) is 28.1 Å². The fourth-order valence-corrected chi connectivity index (χ4v) is 0.918. The van der Waals surface area contributed by atoms with Crippen molar-refractivity contribution in [2.45, 2.75) is 0 Å². The highest BCUT2D eigenvalue weighted by atomic mass is 35.5. The Labute approximate surface area is 72.4 Å². The summed E-state index contributed by atoms with van der Waals surface area (Å²) in [6.07, 6.45) is 1.26. The number of hydrogen-bond acceptors (Lipinski definition) is 3. The third-order valence-electron chi connectivity index (χ3n) is 1.07. The number of nitrogens with zero attached hydrogens (tertiary/aromatic N) is 2. The van der Waals surface area contributed by atoms with Crippen LogP contribution in [0.3, 0.4) is 0 Å². The van der Waals surface area contributed by atoms with Gasteiger partial charge in [-0.3, -0.25) is 4.79 Å². The van der Waals surface area contributed by atoms with Gasteiger partial charge in [-0.25, -0.2) is 0 Å². The van der Waals surface area contributed by atoms with Crippen LogP contribution >= 0.6 is 23.4 Å². The van der Waals surface area contributed by atoms with E-state index in [1.165, 1.54) is 13.3 Å². The van der Waals surface area contributed by atoms with E-state index in [1.54, 1.807) is 0 Å². The van der Waals surface area contributed by atoms with Crippen molar-refractivity contribution in [2.24, 2.45) is 0 Å². The first-order chi connectivity index (χ1) is 5.16. The van der Waals surface area contributed by atoms with Crippen molar-refractivity contribution >= 4 is 23.4 Å². The minimum Gasteiger partial charge on any atom is -0.493 e. The topological polar surface area (TPSA) is 44.1 Å². The molecule has 6 heteroatoms. The molecule has 1 rings (SSSR count). The van der Waals surface area contributed by atoms with Gasteiger partial charge in [-0.15, -0.1) is 4.20 Å². The fraction of sp³-hybridized carbons (Fsp3) is 0.200. The second kappa shape index (κ2) is 3.11. The van der Waals surface area contributed by atoms with E-state index in [-0.39, 0.29) is 10.8 Å². The average Bonchev–Trinajstić information content (AvgIpc) is 2.01. The first-order valence-electron chi connectivity index (χ1n) is 2.64. The quantitative estimate of drug-likeness (QED) is 0.668. The Morgan fingerprint density at radius 3 is 2.91 bits per heavy atom. The van der Waals surface area contributed by atoms with Crippen LogP contribution in [0.1, 0.15) is 0 Å². The zero-order valence-corrected chi connectivity index (χ0v) is 7.06. The van der Waals surface area contributed by atoms with Gasteiger partial charge in [-0.2, -0.15) is 5.10 Å². The number of rotatable bonds is 1. The van der Waals surface area contributed by atoms with Gasteiger partial charge in [0.2, 0.25) is 0 Å². The van der Waals surface area contributed by atoms with Crippen LogP contribution in [0.4, 0.5) is 0 Å². The average molecular weight is 195 g/mol. The third kappa shape index (κ3) is 1.46. The predicted octanol–water partition coefficient (Wildman–Crippen LogP) is 0.907. The molecule has 1 heterocycles. The van der Waals surface area contributed by atoms with Gasteiger partial charge in [0.25, 0.3) is 0 Å². The van der Waals surface area contributed by atoms with Crippen molar-refractivity contribution in [3.8, 4) is 5.75 Å². The van der Waals surface area contributed by atoms with Gasteiger partial charge in [0.05, 0.1) is 13.3 Å². The second-order valence-corrected chi connectivity index (χ2v) is 2.39. The molecule has 0 fully saturated rings. The van der Waals surface area contributed by atoms with Crippen LogP contribution in [0.5, 0.6) is 5.75 Å². The smallest absolute Gasteiger partial charge is 0.304 e. The maximum absolute atomic E-state index is 10.9. The lowest BCUT2D eigenvalue weighted by Crippen LogP contribution is -2.16. The normalized spacial score (nSPS) is 9.73. The minimum atomic E-state index is -0.590. The molecule has 0 amide bonds. The van der Waals surface area contributed by atoms with Gasteiger partial charge < -0.3 is 4.74 Å². The van der Waals surface area contributed by atoms with Crippen LogP contribution in [0.15, 0.2) is 11.0 Å². The van der Waals surface area contributed by atoms with Crippen LogP contribution in [0, 0.1) is 0 Å². The molecule has 4 nitrogen and oxygen atoms in total. The Morgan fingerprint density at radius 1 is 1.73 bits per heavy atom. The number of aromatic nitrogens is 2. The van der Waals surface area contributed by atoms with E-state index in [2.05, 4.69) is 5.10 Å². The molecule has 0 spiro atoms. The molecule has 0 saturated heterocycles. The highest BCUT2D eigenvalue weighted by Crippen LogP contribution is 2.16. The number of methoxy groups -OCH3 is 1. The van der Waals surface area contributed by atoms with Crippen LogP contribution in [0.2, 0.25) is 5.02 Å². The SMILES string of the molecule is COc1cnn(Cl)c(=O)c1Cl. The van der Waals surface area contributed by atoms with E-state index in [9.17, 15) is 4.79 Å². The van der Waals surface area contributed by atoms with E-state index < -0.39 is 5.56 Å². The molecule has 0 aliphatic carbocycles. The monoisotopic (exact) mass is 194 g/mol. The number of hydrogen-bond donors (Lipinski definition) is 0. The zero-order valence-electron chi connectivity index (χ0n) is 5.54. The lowest BCUT2D eigenvalue weighted by atomic mass is 10.5. The molecular formula is C5H4Cl2N2O2. The van der Waals surface area contributed by atoms with Gasteiger partial charge in [0, 0.05) is 11.8 Å². The summed E-state index contributed by atoms with van der Waals surface area (Å²) in [6, 6.07) is 0. The maximum atomic E-state index is 10.9. The van der Waals surface area contributed by atoms with Gasteiger partial charge in [-0.05, 0) is 0 Å². The standard InChI is InChI=1S/C5H4Cl2N2O2/c1-11-3-2-8-9(7)5(10)4(3)6/h2H,1H3. The van der Waals surface area contributed by atoms with Crippen LogP contribution in [-0.2, 0) is 0 Å². The molecule has 0 aromatic carbocycles. The molecule has 0 aliphatic rings.